The monoisotopic (exact) mass is 260 g/mol. The first-order chi connectivity index (χ1) is 9.17. The highest BCUT2D eigenvalue weighted by Gasteiger charge is 2.11. The average Bonchev–Trinajstić information content (AvgIpc) is 2.79. The number of para-hydroxylation sites is 1. The zero-order chi connectivity index (χ0) is 13.8. The maximum atomic E-state index is 11.2. The summed E-state index contributed by atoms with van der Waals surface area (Å²) >= 11 is 0. The van der Waals surface area contributed by atoms with E-state index < -0.39 is 5.97 Å². The number of hydrogen-bond donors (Lipinski definition) is 1. The number of likely N-dealkylation sites (N-methyl/N-ethyl adjacent to an activating group) is 1. The Morgan fingerprint density at radius 3 is 2.58 bits per heavy atom. The molecule has 0 saturated carbocycles. The van der Waals surface area contributed by atoms with Crippen LogP contribution in [0.15, 0.2) is 30.3 Å². The van der Waals surface area contributed by atoms with Crippen molar-refractivity contribution in [2.24, 2.45) is 0 Å². The van der Waals surface area contributed by atoms with Crippen LogP contribution in [0, 0.1) is 0 Å². The Labute approximate surface area is 113 Å². The molecule has 4 heteroatoms. The van der Waals surface area contributed by atoms with Crippen LogP contribution >= 0.6 is 0 Å². The predicted molar refractivity (Wildman–Crippen MR) is 73.2 cm³/mol. The van der Waals surface area contributed by atoms with E-state index >= 15 is 0 Å². The van der Waals surface area contributed by atoms with Crippen LogP contribution in [0.1, 0.15) is 24.3 Å². The van der Waals surface area contributed by atoms with Gasteiger partial charge in [-0.15, -0.1) is 0 Å². The molecule has 1 aromatic heterocycles. The third-order valence-corrected chi connectivity index (χ3v) is 3.71. The number of carboxylic acids is 1. The van der Waals surface area contributed by atoms with E-state index in [1.807, 2.05) is 28.8 Å². The summed E-state index contributed by atoms with van der Waals surface area (Å²) in [6, 6.07) is 9.44. The number of nitrogens with one attached hydrogen (secondary N) is 1. The van der Waals surface area contributed by atoms with E-state index in [0.29, 0.717) is 6.54 Å². The Bertz CT molecular complexity index is 571. The summed E-state index contributed by atoms with van der Waals surface area (Å²) in [7, 11) is 0. The number of carbonyl (C=O) groups is 1. The van der Waals surface area contributed by atoms with Crippen LogP contribution in [0.5, 0.6) is 0 Å². The summed E-state index contributed by atoms with van der Waals surface area (Å²) in [6.07, 6.45) is 0. The molecule has 0 spiro atoms. The number of aromatic nitrogens is 1. The molecule has 4 nitrogen and oxygen atoms in total. The maximum Gasteiger partial charge on any atom is 0.0953 e. The van der Waals surface area contributed by atoms with E-state index in [2.05, 4.69) is 13.8 Å². The van der Waals surface area contributed by atoms with Crippen LogP contribution < -0.4 is 10.0 Å². The largest absolute Gasteiger partial charge is 0.543 e. The molecular formula is C15H20N2O2. The molecule has 0 unspecified atom stereocenters. The minimum atomic E-state index is -1.11. The zero-order valence-electron chi connectivity index (χ0n) is 11.5. The second-order valence-corrected chi connectivity index (χ2v) is 4.73. The lowest BCUT2D eigenvalue weighted by atomic mass is 10.2. The number of quaternary nitrogens is 1. The van der Waals surface area contributed by atoms with Gasteiger partial charge in [0.25, 0.3) is 0 Å². The third kappa shape index (κ3) is 2.79. The smallest absolute Gasteiger partial charge is 0.0953 e. The van der Waals surface area contributed by atoms with Gasteiger partial charge in [0, 0.05) is 10.9 Å². The first-order valence-electron chi connectivity index (χ1n) is 6.80. The van der Waals surface area contributed by atoms with E-state index in [-0.39, 0.29) is 5.69 Å². The van der Waals surface area contributed by atoms with Crippen molar-refractivity contribution in [3.63, 3.8) is 0 Å². The summed E-state index contributed by atoms with van der Waals surface area (Å²) in [5, 5.41) is 12.2. The van der Waals surface area contributed by atoms with Crippen molar-refractivity contribution in [2.45, 2.75) is 20.4 Å². The average molecular weight is 260 g/mol. The lowest BCUT2D eigenvalue weighted by molar-refractivity contribution is -0.897. The van der Waals surface area contributed by atoms with E-state index in [9.17, 15) is 9.90 Å². The molecule has 0 atom stereocenters. The van der Waals surface area contributed by atoms with Crippen LogP contribution in [0.2, 0.25) is 0 Å². The number of nitrogens with zero attached hydrogens (tertiary/aromatic N) is 1. The van der Waals surface area contributed by atoms with Gasteiger partial charge in [-0.25, -0.2) is 0 Å². The van der Waals surface area contributed by atoms with Crippen molar-refractivity contribution in [1.82, 2.24) is 4.57 Å². The number of aromatic carboxylic acids is 1. The summed E-state index contributed by atoms with van der Waals surface area (Å²) in [5.74, 6) is -1.11. The number of benzene rings is 1. The van der Waals surface area contributed by atoms with Gasteiger partial charge in [-0.2, -0.15) is 0 Å². The Kier molecular flexibility index (Phi) is 4.22. The van der Waals surface area contributed by atoms with Gasteiger partial charge in [0.05, 0.1) is 37.8 Å². The maximum absolute atomic E-state index is 11.2. The third-order valence-electron chi connectivity index (χ3n) is 3.71. The summed E-state index contributed by atoms with van der Waals surface area (Å²) in [5.41, 5.74) is 1.24. The number of fused-ring (bicyclic) bond motifs is 1. The molecule has 1 aromatic carbocycles. The van der Waals surface area contributed by atoms with Gasteiger partial charge in [0.2, 0.25) is 0 Å². The molecule has 0 fully saturated rings. The second kappa shape index (κ2) is 5.89. The van der Waals surface area contributed by atoms with Crippen molar-refractivity contribution in [3.8, 4) is 0 Å². The highest BCUT2D eigenvalue weighted by atomic mass is 16.4. The molecule has 0 bridgehead atoms. The standard InChI is InChI=1S/C15H20N2O2/c1-3-16(4-2)9-10-17-13-8-6-5-7-12(13)11-14(17)15(18)19/h5-8,11H,3-4,9-10H2,1-2H3,(H,18,19). The van der Waals surface area contributed by atoms with Gasteiger partial charge in [0.1, 0.15) is 0 Å². The normalized spacial score (nSPS) is 11.3. The molecule has 0 saturated heterocycles. The molecule has 2 rings (SSSR count). The fraction of sp³-hybridized carbons (Fsp3) is 0.400. The summed E-state index contributed by atoms with van der Waals surface area (Å²) in [6.45, 7) is 8.02. The van der Waals surface area contributed by atoms with Gasteiger partial charge >= 0.3 is 0 Å². The van der Waals surface area contributed by atoms with Gasteiger partial charge in [-0.3, -0.25) is 0 Å². The van der Waals surface area contributed by atoms with Gasteiger partial charge in [-0.1, -0.05) is 18.2 Å². The molecule has 1 N–H and O–H groups in total. The van der Waals surface area contributed by atoms with Gasteiger partial charge < -0.3 is 19.4 Å². The number of carboxylic acid groups (broad SMARTS) is 1. The van der Waals surface area contributed by atoms with E-state index in [0.717, 1.165) is 30.5 Å². The molecule has 0 aliphatic carbocycles. The van der Waals surface area contributed by atoms with Crippen LogP contribution in [0.3, 0.4) is 0 Å². The minimum absolute atomic E-state index is 0.271. The number of carbonyl (C=O) groups excluding carboxylic acids is 1. The molecule has 2 aromatic rings. The molecule has 0 radical (unpaired) electrons. The quantitative estimate of drug-likeness (QED) is 0.790. The summed E-state index contributed by atoms with van der Waals surface area (Å²) in [4.78, 5) is 12.7. The molecule has 0 aliphatic heterocycles. The second-order valence-electron chi connectivity index (χ2n) is 4.73. The zero-order valence-corrected chi connectivity index (χ0v) is 11.5. The van der Waals surface area contributed by atoms with Crippen molar-refractivity contribution in [1.29, 1.82) is 0 Å². The van der Waals surface area contributed by atoms with Crippen molar-refractivity contribution in [2.75, 3.05) is 19.6 Å². The first kappa shape index (κ1) is 13.6. The lowest BCUT2D eigenvalue weighted by Gasteiger charge is -2.17. The first-order valence-corrected chi connectivity index (χ1v) is 6.80. The topological polar surface area (TPSA) is 49.5 Å². The van der Waals surface area contributed by atoms with E-state index in [4.69, 9.17) is 0 Å². The molecule has 0 aliphatic rings. The Hall–Kier alpha value is -1.81. The number of hydrogen-bond acceptors (Lipinski definition) is 2. The Morgan fingerprint density at radius 1 is 1.26 bits per heavy atom. The molecule has 102 valence electrons. The Morgan fingerprint density at radius 2 is 1.95 bits per heavy atom. The fourth-order valence-electron chi connectivity index (χ4n) is 2.49. The fourth-order valence-corrected chi connectivity index (χ4v) is 2.49. The molecule has 1 heterocycles. The van der Waals surface area contributed by atoms with Crippen molar-refractivity contribution >= 4 is 16.9 Å². The Balaban J connectivity index is 2.34. The van der Waals surface area contributed by atoms with Crippen LogP contribution in [-0.2, 0) is 6.54 Å². The summed E-state index contributed by atoms with van der Waals surface area (Å²) < 4.78 is 1.86. The molecule has 0 amide bonds. The van der Waals surface area contributed by atoms with Gasteiger partial charge in [0.15, 0.2) is 0 Å². The molecular weight excluding hydrogens is 240 g/mol. The van der Waals surface area contributed by atoms with Crippen molar-refractivity contribution < 1.29 is 14.8 Å². The molecule has 19 heavy (non-hydrogen) atoms. The minimum Gasteiger partial charge on any atom is -0.543 e. The van der Waals surface area contributed by atoms with Crippen LogP contribution in [0.4, 0.5) is 0 Å². The predicted octanol–water partition coefficient (Wildman–Crippen LogP) is -0.0705. The lowest BCUT2D eigenvalue weighted by Crippen LogP contribution is -3.11. The van der Waals surface area contributed by atoms with Crippen LogP contribution in [0.25, 0.3) is 10.9 Å². The highest BCUT2D eigenvalue weighted by Crippen LogP contribution is 2.18. The van der Waals surface area contributed by atoms with Gasteiger partial charge in [-0.05, 0) is 26.0 Å². The number of rotatable bonds is 6. The van der Waals surface area contributed by atoms with Crippen molar-refractivity contribution in [3.05, 3.63) is 36.0 Å². The van der Waals surface area contributed by atoms with E-state index in [1.54, 1.807) is 6.07 Å². The highest BCUT2D eigenvalue weighted by molar-refractivity contribution is 5.93. The SMILES string of the molecule is CC[NH+](CC)CCn1c(C(=O)[O-])cc2ccccc21. The van der Waals surface area contributed by atoms with Crippen LogP contribution in [-0.4, -0.2) is 30.2 Å². The van der Waals surface area contributed by atoms with E-state index in [1.165, 1.54) is 4.90 Å².